The minimum absolute atomic E-state index is 0.100. The van der Waals surface area contributed by atoms with Gasteiger partial charge in [0, 0.05) is 37.8 Å². The number of anilines is 1. The van der Waals surface area contributed by atoms with Crippen molar-refractivity contribution in [2.24, 2.45) is 0 Å². The van der Waals surface area contributed by atoms with Crippen LogP contribution in [0.2, 0.25) is 0 Å². The fraction of sp³-hybridized carbons (Fsp3) is 0.227. The SMILES string of the molecule is N#Cc1cnc2ccccc2c1N1CCCN(C(=O)c2ccccc2F)CC1. The van der Waals surface area contributed by atoms with E-state index in [2.05, 4.69) is 16.0 Å². The monoisotopic (exact) mass is 374 g/mol. The third-order valence-electron chi connectivity index (χ3n) is 5.07. The van der Waals surface area contributed by atoms with Crippen LogP contribution in [0.4, 0.5) is 10.1 Å². The van der Waals surface area contributed by atoms with Crippen LogP contribution in [0.1, 0.15) is 22.3 Å². The van der Waals surface area contributed by atoms with Gasteiger partial charge in [-0.05, 0) is 24.6 Å². The highest BCUT2D eigenvalue weighted by molar-refractivity contribution is 5.95. The fourth-order valence-corrected chi connectivity index (χ4v) is 3.70. The van der Waals surface area contributed by atoms with Crippen LogP contribution in [0.5, 0.6) is 0 Å². The van der Waals surface area contributed by atoms with E-state index in [0.717, 1.165) is 23.0 Å². The van der Waals surface area contributed by atoms with Crippen molar-refractivity contribution in [3.63, 3.8) is 0 Å². The largest absolute Gasteiger partial charge is 0.368 e. The molecule has 5 nitrogen and oxygen atoms in total. The van der Waals surface area contributed by atoms with Gasteiger partial charge in [0.1, 0.15) is 11.9 Å². The van der Waals surface area contributed by atoms with Crippen molar-refractivity contribution in [3.05, 3.63) is 71.7 Å². The first-order chi connectivity index (χ1) is 13.7. The summed E-state index contributed by atoms with van der Waals surface area (Å²) in [5.74, 6) is -0.791. The van der Waals surface area contributed by atoms with Crippen LogP contribution in [0.15, 0.2) is 54.7 Å². The van der Waals surface area contributed by atoms with Crippen LogP contribution in [-0.2, 0) is 0 Å². The first-order valence-corrected chi connectivity index (χ1v) is 9.25. The number of amides is 1. The lowest BCUT2D eigenvalue weighted by molar-refractivity contribution is 0.0762. The Balaban J connectivity index is 1.62. The lowest BCUT2D eigenvalue weighted by Crippen LogP contribution is -2.35. The van der Waals surface area contributed by atoms with E-state index in [-0.39, 0.29) is 11.5 Å². The molecule has 140 valence electrons. The molecule has 0 unspecified atom stereocenters. The minimum Gasteiger partial charge on any atom is -0.368 e. The molecule has 4 rings (SSSR count). The molecule has 0 aliphatic carbocycles. The van der Waals surface area contributed by atoms with Gasteiger partial charge in [-0.3, -0.25) is 9.78 Å². The van der Waals surface area contributed by atoms with E-state index in [0.29, 0.717) is 31.7 Å². The van der Waals surface area contributed by atoms with Gasteiger partial charge in [0.15, 0.2) is 0 Å². The van der Waals surface area contributed by atoms with Gasteiger partial charge < -0.3 is 9.80 Å². The third-order valence-corrected chi connectivity index (χ3v) is 5.07. The molecule has 1 saturated heterocycles. The number of aromatic nitrogens is 1. The highest BCUT2D eigenvalue weighted by Crippen LogP contribution is 2.30. The highest BCUT2D eigenvalue weighted by Gasteiger charge is 2.24. The average Bonchev–Trinajstić information content (AvgIpc) is 2.99. The Kier molecular flexibility index (Phi) is 4.90. The van der Waals surface area contributed by atoms with E-state index in [1.54, 1.807) is 23.2 Å². The topological polar surface area (TPSA) is 60.2 Å². The maximum absolute atomic E-state index is 14.0. The Morgan fingerprint density at radius 1 is 1.04 bits per heavy atom. The summed E-state index contributed by atoms with van der Waals surface area (Å²) in [6.45, 7) is 2.30. The van der Waals surface area contributed by atoms with Crippen molar-refractivity contribution in [2.45, 2.75) is 6.42 Å². The van der Waals surface area contributed by atoms with Crippen molar-refractivity contribution in [3.8, 4) is 6.07 Å². The van der Waals surface area contributed by atoms with E-state index in [9.17, 15) is 14.4 Å². The molecule has 1 fully saturated rings. The number of nitrogens with zero attached hydrogens (tertiary/aromatic N) is 4. The summed E-state index contributed by atoms with van der Waals surface area (Å²) >= 11 is 0. The molecule has 1 aromatic heterocycles. The maximum atomic E-state index is 14.0. The van der Waals surface area contributed by atoms with Crippen LogP contribution in [-0.4, -0.2) is 42.0 Å². The molecular weight excluding hydrogens is 355 g/mol. The number of rotatable bonds is 2. The number of para-hydroxylation sites is 1. The second-order valence-electron chi connectivity index (χ2n) is 6.76. The quantitative estimate of drug-likeness (QED) is 0.688. The summed E-state index contributed by atoms with van der Waals surface area (Å²) in [5.41, 5.74) is 2.31. The van der Waals surface area contributed by atoms with Crippen molar-refractivity contribution < 1.29 is 9.18 Å². The molecule has 0 radical (unpaired) electrons. The van der Waals surface area contributed by atoms with Crippen molar-refractivity contribution >= 4 is 22.5 Å². The number of fused-ring (bicyclic) bond motifs is 1. The van der Waals surface area contributed by atoms with Crippen LogP contribution in [0, 0.1) is 17.1 Å². The Hall–Kier alpha value is -3.46. The molecule has 2 aromatic carbocycles. The van der Waals surface area contributed by atoms with Gasteiger partial charge in [0.05, 0.1) is 22.3 Å². The van der Waals surface area contributed by atoms with Crippen LogP contribution >= 0.6 is 0 Å². The van der Waals surface area contributed by atoms with Gasteiger partial charge in [0.2, 0.25) is 0 Å². The normalized spacial score (nSPS) is 14.6. The van der Waals surface area contributed by atoms with E-state index in [1.165, 1.54) is 12.1 Å². The van der Waals surface area contributed by atoms with Crippen LogP contribution in [0.3, 0.4) is 0 Å². The summed E-state index contributed by atoms with van der Waals surface area (Å²) in [7, 11) is 0. The smallest absolute Gasteiger partial charge is 0.256 e. The Morgan fingerprint density at radius 2 is 1.82 bits per heavy atom. The van der Waals surface area contributed by atoms with Gasteiger partial charge in [-0.25, -0.2) is 4.39 Å². The van der Waals surface area contributed by atoms with Gasteiger partial charge in [-0.1, -0.05) is 30.3 Å². The van der Waals surface area contributed by atoms with Crippen LogP contribution < -0.4 is 4.90 Å². The molecule has 0 spiro atoms. The minimum atomic E-state index is -0.500. The Morgan fingerprint density at radius 3 is 2.64 bits per heavy atom. The molecule has 3 aromatic rings. The van der Waals surface area contributed by atoms with Gasteiger partial charge in [-0.15, -0.1) is 0 Å². The second kappa shape index (κ2) is 7.65. The molecule has 6 heteroatoms. The molecule has 1 aliphatic rings. The summed E-state index contributed by atoms with van der Waals surface area (Å²) < 4.78 is 14.0. The number of nitriles is 1. The van der Waals surface area contributed by atoms with Crippen LogP contribution in [0.25, 0.3) is 10.9 Å². The predicted molar refractivity (Wildman–Crippen MR) is 106 cm³/mol. The highest BCUT2D eigenvalue weighted by atomic mass is 19.1. The zero-order valence-corrected chi connectivity index (χ0v) is 15.3. The van der Waals surface area contributed by atoms with Gasteiger partial charge in [-0.2, -0.15) is 5.26 Å². The Labute approximate surface area is 162 Å². The number of pyridine rings is 1. The molecule has 28 heavy (non-hydrogen) atoms. The molecule has 0 saturated carbocycles. The number of hydrogen-bond donors (Lipinski definition) is 0. The number of carbonyl (C=O) groups excluding carboxylic acids is 1. The molecular formula is C22H19FN4O. The molecule has 0 bridgehead atoms. The van der Waals surface area contributed by atoms with E-state index < -0.39 is 5.82 Å². The summed E-state index contributed by atoms with van der Waals surface area (Å²) in [6, 6.07) is 16.0. The summed E-state index contributed by atoms with van der Waals surface area (Å²) in [4.78, 5) is 20.9. The average molecular weight is 374 g/mol. The standard InChI is InChI=1S/C22H19FN4O/c23-19-8-3-1-6-17(19)22(28)27-11-5-10-26(12-13-27)21-16(14-24)15-25-20-9-4-2-7-18(20)21/h1-4,6-9,15H,5,10-13H2. The van der Waals surface area contributed by atoms with E-state index in [4.69, 9.17) is 0 Å². The first-order valence-electron chi connectivity index (χ1n) is 9.25. The van der Waals surface area contributed by atoms with Crippen molar-refractivity contribution in [1.29, 1.82) is 5.26 Å². The molecule has 0 atom stereocenters. The number of hydrogen-bond acceptors (Lipinski definition) is 4. The maximum Gasteiger partial charge on any atom is 0.256 e. The zero-order chi connectivity index (χ0) is 19.5. The summed E-state index contributed by atoms with van der Waals surface area (Å²) in [6.07, 6.45) is 2.34. The fourth-order valence-electron chi connectivity index (χ4n) is 3.70. The van der Waals surface area contributed by atoms with E-state index in [1.807, 2.05) is 24.3 Å². The van der Waals surface area contributed by atoms with Gasteiger partial charge >= 0.3 is 0 Å². The van der Waals surface area contributed by atoms with Crippen molar-refractivity contribution in [2.75, 3.05) is 31.1 Å². The van der Waals surface area contributed by atoms with Gasteiger partial charge in [0.25, 0.3) is 5.91 Å². The van der Waals surface area contributed by atoms with Crippen molar-refractivity contribution in [1.82, 2.24) is 9.88 Å². The summed E-state index contributed by atoms with van der Waals surface area (Å²) in [5, 5.41) is 10.5. The molecule has 1 amide bonds. The Bertz CT molecular complexity index is 1080. The number of halogens is 1. The third kappa shape index (κ3) is 3.27. The lowest BCUT2D eigenvalue weighted by Gasteiger charge is -2.25. The molecule has 1 aliphatic heterocycles. The molecule has 2 heterocycles. The zero-order valence-electron chi connectivity index (χ0n) is 15.3. The lowest BCUT2D eigenvalue weighted by atomic mass is 10.1. The number of benzene rings is 2. The number of carbonyl (C=O) groups is 1. The predicted octanol–water partition coefficient (Wildman–Crippen LogP) is 3.60. The second-order valence-corrected chi connectivity index (χ2v) is 6.76. The first kappa shape index (κ1) is 17.9. The van der Waals surface area contributed by atoms with E-state index >= 15 is 0 Å². The molecule has 0 N–H and O–H groups in total.